The summed E-state index contributed by atoms with van der Waals surface area (Å²) in [5.41, 5.74) is 3.06. The predicted molar refractivity (Wildman–Crippen MR) is 84.8 cm³/mol. The van der Waals surface area contributed by atoms with E-state index in [0.717, 1.165) is 29.0 Å². The van der Waals surface area contributed by atoms with Gasteiger partial charge in [-0.05, 0) is 31.7 Å². The van der Waals surface area contributed by atoms with Gasteiger partial charge in [0.05, 0.1) is 13.7 Å². The highest BCUT2D eigenvalue weighted by molar-refractivity contribution is 5.97. The molecule has 0 aliphatic heterocycles. The molecule has 0 radical (unpaired) electrons. The van der Waals surface area contributed by atoms with Crippen molar-refractivity contribution in [3.8, 4) is 5.75 Å². The lowest BCUT2D eigenvalue weighted by Gasteiger charge is -2.16. The molecule has 21 heavy (non-hydrogen) atoms. The maximum atomic E-state index is 12.2. The Bertz CT molecular complexity index is 605. The van der Waals surface area contributed by atoms with Gasteiger partial charge in [-0.3, -0.25) is 9.69 Å². The Labute approximate surface area is 126 Å². The number of ketones is 1. The van der Waals surface area contributed by atoms with Gasteiger partial charge >= 0.3 is 0 Å². The van der Waals surface area contributed by atoms with Gasteiger partial charge in [-0.2, -0.15) is 0 Å². The molecular formula is C18H21NO2. The van der Waals surface area contributed by atoms with E-state index in [1.165, 1.54) is 0 Å². The van der Waals surface area contributed by atoms with Crippen LogP contribution in [0, 0.1) is 6.92 Å². The molecule has 3 nitrogen and oxygen atoms in total. The SMILES string of the molecule is COc1cccc(CN(C)CC(=O)c2ccc(C)cc2)c1. The summed E-state index contributed by atoms with van der Waals surface area (Å²) in [6.45, 7) is 3.14. The number of hydrogen-bond acceptors (Lipinski definition) is 3. The van der Waals surface area contributed by atoms with E-state index >= 15 is 0 Å². The minimum Gasteiger partial charge on any atom is -0.497 e. The summed E-state index contributed by atoms with van der Waals surface area (Å²) in [5.74, 6) is 0.978. The molecule has 0 aliphatic carbocycles. The van der Waals surface area contributed by atoms with Crippen LogP contribution in [0.1, 0.15) is 21.5 Å². The Morgan fingerprint density at radius 3 is 2.52 bits per heavy atom. The lowest BCUT2D eigenvalue weighted by molar-refractivity contribution is 0.0943. The minimum absolute atomic E-state index is 0.139. The Kier molecular flexibility index (Phi) is 5.12. The van der Waals surface area contributed by atoms with Crippen molar-refractivity contribution >= 4 is 5.78 Å². The fourth-order valence-electron chi connectivity index (χ4n) is 2.21. The molecule has 0 atom stereocenters. The molecule has 3 heteroatoms. The number of likely N-dealkylation sites (N-methyl/N-ethyl adjacent to an activating group) is 1. The van der Waals surface area contributed by atoms with Gasteiger partial charge in [0.15, 0.2) is 5.78 Å². The summed E-state index contributed by atoms with van der Waals surface area (Å²) in [6.07, 6.45) is 0. The fourth-order valence-corrected chi connectivity index (χ4v) is 2.21. The van der Waals surface area contributed by atoms with Crippen molar-refractivity contribution in [2.24, 2.45) is 0 Å². The average molecular weight is 283 g/mol. The van der Waals surface area contributed by atoms with Crippen molar-refractivity contribution in [2.75, 3.05) is 20.7 Å². The molecule has 0 N–H and O–H groups in total. The molecule has 0 saturated carbocycles. The van der Waals surface area contributed by atoms with Crippen molar-refractivity contribution in [3.05, 3.63) is 65.2 Å². The zero-order valence-corrected chi connectivity index (χ0v) is 12.8. The zero-order valence-electron chi connectivity index (χ0n) is 12.8. The monoisotopic (exact) mass is 283 g/mol. The Hall–Kier alpha value is -2.13. The number of ether oxygens (including phenoxy) is 1. The van der Waals surface area contributed by atoms with E-state index in [1.807, 2.05) is 67.4 Å². The van der Waals surface area contributed by atoms with Crippen LogP contribution in [-0.4, -0.2) is 31.4 Å². The first-order chi connectivity index (χ1) is 10.1. The number of Topliss-reactive ketones (excluding diaryl/α,β-unsaturated/α-hetero) is 1. The van der Waals surface area contributed by atoms with Crippen LogP contribution < -0.4 is 4.74 Å². The van der Waals surface area contributed by atoms with Gasteiger partial charge in [0.25, 0.3) is 0 Å². The van der Waals surface area contributed by atoms with E-state index in [2.05, 4.69) is 0 Å². The second-order valence-corrected chi connectivity index (χ2v) is 5.31. The van der Waals surface area contributed by atoms with Crippen LogP contribution >= 0.6 is 0 Å². The topological polar surface area (TPSA) is 29.5 Å². The van der Waals surface area contributed by atoms with E-state index in [4.69, 9.17) is 4.74 Å². The zero-order chi connectivity index (χ0) is 15.2. The number of rotatable bonds is 6. The quantitative estimate of drug-likeness (QED) is 0.762. The molecule has 110 valence electrons. The van der Waals surface area contributed by atoms with E-state index in [0.29, 0.717) is 6.54 Å². The van der Waals surface area contributed by atoms with Crippen molar-refractivity contribution < 1.29 is 9.53 Å². The van der Waals surface area contributed by atoms with Crippen molar-refractivity contribution in [2.45, 2.75) is 13.5 Å². The first kappa shape index (κ1) is 15.3. The second kappa shape index (κ2) is 7.04. The van der Waals surface area contributed by atoms with Crippen molar-refractivity contribution in [3.63, 3.8) is 0 Å². The molecule has 2 rings (SSSR count). The molecule has 0 saturated heterocycles. The van der Waals surface area contributed by atoms with Crippen LogP contribution in [0.15, 0.2) is 48.5 Å². The summed E-state index contributed by atoms with van der Waals surface area (Å²) in [4.78, 5) is 14.2. The highest BCUT2D eigenvalue weighted by Gasteiger charge is 2.10. The lowest BCUT2D eigenvalue weighted by atomic mass is 10.1. The maximum Gasteiger partial charge on any atom is 0.176 e. The predicted octanol–water partition coefficient (Wildman–Crippen LogP) is 3.32. The smallest absolute Gasteiger partial charge is 0.176 e. The van der Waals surface area contributed by atoms with Gasteiger partial charge < -0.3 is 4.74 Å². The van der Waals surface area contributed by atoms with E-state index in [9.17, 15) is 4.79 Å². The molecule has 2 aromatic rings. The summed E-state index contributed by atoms with van der Waals surface area (Å²) in [6, 6.07) is 15.6. The van der Waals surface area contributed by atoms with Gasteiger partial charge in [0.1, 0.15) is 5.75 Å². The third kappa shape index (κ3) is 4.43. The van der Waals surface area contributed by atoms with Gasteiger partial charge in [0, 0.05) is 12.1 Å². The molecule has 0 aromatic heterocycles. The summed E-state index contributed by atoms with van der Waals surface area (Å²) >= 11 is 0. The molecule has 0 unspecified atom stereocenters. The number of hydrogen-bond donors (Lipinski definition) is 0. The third-order valence-corrected chi connectivity index (χ3v) is 3.37. The molecule has 0 heterocycles. The summed E-state index contributed by atoms with van der Waals surface area (Å²) in [7, 11) is 3.61. The maximum absolute atomic E-state index is 12.2. The normalized spacial score (nSPS) is 10.7. The van der Waals surface area contributed by atoms with Crippen LogP contribution in [0.5, 0.6) is 5.75 Å². The Morgan fingerprint density at radius 1 is 1.14 bits per heavy atom. The first-order valence-electron chi connectivity index (χ1n) is 7.00. The van der Waals surface area contributed by atoms with E-state index < -0.39 is 0 Å². The number of carbonyl (C=O) groups is 1. The highest BCUT2D eigenvalue weighted by Crippen LogP contribution is 2.14. The number of benzene rings is 2. The summed E-state index contributed by atoms with van der Waals surface area (Å²) < 4.78 is 5.21. The summed E-state index contributed by atoms with van der Waals surface area (Å²) in [5, 5.41) is 0. The fraction of sp³-hybridized carbons (Fsp3) is 0.278. The van der Waals surface area contributed by atoms with Gasteiger partial charge in [0.2, 0.25) is 0 Å². The highest BCUT2D eigenvalue weighted by atomic mass is 16.5. The Morgan fingerprint density at radius 2 is 1.86 bits per heavy atom. The number of aryl methyl sites for hydroxylation is 1. The molecule has 0 spiro atoms. The van der Waals surface area contributed by atoms with Crippen molar-refractivity contribution in [1.82, 2.24) is 4.90 Å². The minimum atomic E-state index is 0.139. The molecule has 0 bridgehead atoms. The van der Waals surface area contributed by atoms with E-state index in [1.54, 1.807) is 7.11 Å². The molecule has 2 aromatic carbocycles. The lowest BCUT2D eigenvalue weighted by Crippen LogP contribution is -2.25. The molecular weight excluding hydrogens is 262 g/mol. The molecule has 0 amide bonds. The first-order valence-corrected chi connectivity index (χ1v) is 7.00. The van der Waals surface area contributed by atoms with E-state index in [-0.39, 0.29) is 5.78 Å². The molecule has 0 fully saturated rings. The largest absolute Gasteiger partial charge is 0.497 e. The standard InChI is InChI=1S/C18H21NO2/c1-14-7-9-16(10-8-14)18(20)13-19(2)12-15-5-4-6-17(11-15)21-3/h4-11H,12-13H2,1-3H3. The number of methoxy groups -OCH3 is 1. The number of nitrogens with zero attached hydrogens (tertiary/aromatic N) is 1. The van der Waals surface area contributed by atoms with Gasteiger partial charge in [-0.1, -0.05) is 42.0 Å². The van der Waals surface area contributed by atoms with Crippen LogP contribution in [0.3, 0.4) is 0 Å². The van der Waals surface area contributed by atoms with Crippen LogP contribution in [0.2, 0.25) is 0 Å². The van der Waals surface area contributed by atoms with Crippen LogP contribution in [0.4, 0.5) is 0 Å². The van der Waals surface area contributed by atoms with Gasteiger partial charge in [-0.15, -0.1) is 0 Å². The van der Waals surface area contributed by atoms with Crippen molar-refractivity contribution in [1.29, 1.82) is 0 Å². The average Bonchev–Trinajstić information content (AvgIpc) is 2.47. The van der Waals surface area contributed by atoms with Gasteiger partial charge in [-0.25, -0.2) is 0 Å². The Balaban J connectivity index is 1.96. The van der Waals surface area contributed by atoms with Crippen LogP contribution in [0.25, 0.3) is 0 Å². The second-order valence-electron chi connectivity index (χ2n) is 5.31. The molecule has 0 aliphatic rings. The van der Waals surface area contributed by atoms with Crippen LogP contribution in [-0.2, 0) is 6.54 Å². The number of carbonyl (C=O) groups excluding carboxylic acids is 1. The third-order valence-electron chi connectivity index (χ3n) is 3.37.